The summed E-state index contributed by atoms with van der Waals surface area (Å²) in [5.41, 5.74) is 5.37. The molecular formula is C9H17NS. The Balaban J connectivity index is 2.01. The summed E-state index contributed by atoms with van der Waals surface area (Å²) in [5.74, 6) is 1.37. The predicted molar refractivity (Wildman–Crippen MR) is 52.9 cm³/mol. The second-order valence-corrected chi connectivity index (χ2v) is 4.33. The van der Waals surface area contributed by atoms with Gasteiger partial charge in [-0.1, -0.05) is 12.2 Å². The van der Waals surface area contributed by atoms with Crippen molar-refractivity contribution in [2.45, 2.75) is 30.9 Å². The standard InChI is InChI=1S/C9H17NS/c10-7-3-1-2-5-9-6-4-8-11-9/h1-2,9H,3-8,10H2/b2-1-. The van der Waals surface area contributed by atoms with Crippen LogP contribution in [-0.4, -0.2) is 17.5 Å². The van der Waals surface area contributed by atoms with Crippen molar-refractivity contribution in [3.63, 3.8) is 0 Å². The van der Waals surface area contributed by atoms with Crippen LogP contribution in [0.4, 0.5) is 0 Å². The van der Waals surface area contributed by atoms with Crippen LogP contribution < -0.4 is 5.73 Å². The monoisotopic (exact) mass is 171 g/mol. The molecule has 2 N–H and O–H groups in total. The lowest BCUT2D eigenvalue weighted by molar-refractivity contribution is 0.789. The van der Waals surface area contributed by atoms with E-state index in [9.17, 15) is 0 Å². The zero-order valence-corrected chi connectivity index (χ0v) is 7.78. The first-order chi connectivity index (χ1) is 5.43. The molecule has 1 rings (SSSR count). The van der Waals surface area contributed by atoms with Crippen molar-refractivity contribution < 1.29 is 0 Å². The third-order valence-electron chi connectivity index (χ3n) is 1.92. The third kappa shape index (κ3) is 3.82. The Hall–Kier alpha value is 0.0500. The largest absolute Gasteiger partial charge is 0.330 e. The molecule has 64 valence electrons. The van der Waals surface area contributed by atoms with Gasteiger partial charge in [-0.3, -0.25) is 0 Å². The third-order valence-corrected chi connectivity index (χ3v) is 3.35. The Morgan fingerprint density at radius 2 is 2.36 bits per heavy atom. The molecule has 0 saturated carbocycles. The minimum atomic E-state index is 0.786. The smallest absolute Gasteiger partial charge is 0.00818 e. The summed E-state index contributed by atoms with van der Waals surface area (Å²) in [7, 11) is 0. The lowest BCUT2D eigenvalue weighted by Crippen LogP contribution is -1.96. The molecule has 1 aliphatic rings. The second kappa shape index (κ2) is 5.67. The maximum atomic E-state index is 5.37. The number of rotatable bonds is 4. The van der Waals surface area contributed by atoms with Crippen molar-refractivity contribution in [1.82, 2.24) is 0 Å². The van der Waals surface area contributed by atoms with Crippen molar-refractivity contribution >= 4 is 11.8 Å². The van der Waals surface area contributed by atoms with Crippen LogP contribution in [0.1, 0.15) is 25.7 Å². The van der Waals surface area contributed by atoms with E-state index >= 15 is 0 Å². The lowest BCUT2D eigenvalue weighted by atomic mass is 10.2. The van der Waals surface area contributed by atoms with Gasteiger partial charge >= 0.3 is 0 Å². The average molecular weight is 171 g/mol. The van der Waals surface area contributed by atoms with E-state index in [1.165, 1.54) is 25.0 Å². The Morgan fingerprint density at radius 3 is 3.00 bits per heavy atom. The summed E-state index contributed by atoms with van der Waals surface area (Å²) < 4.78 is 0. The molecule has 1 aliphatic heterocycles. The molecule has 0 aliphatic carbocycles. The SMILES string of the molecule is NCC/C=C\CC1CCCS1. The van der Waals surface area contributed by atoms with Crippen molar-refractivity contribution in [3.8, 4) is 0 Å². The van der Waals surface area contributed by atoms with E-state index < -0.39 is 0 Å². The second-order valence-electron chi connectivity index (χ2n) is 2.92. The van der Waals surface area contributed by atoms with E-state index in [1.54, 1.807) is 0 Å². The first kappa shape index (κ1) is 9.14. The minimum absolute atomic E-state index is 0.786. The molecule has 2 heteroatoms. The molecule has 0 aromatic rings. The topological polar surface area (TPSA) is 26.0 Å². The van der Waals surface area contributed by atoms with E-state index in [1.807, 2.05) is 0 Å². The normalized spacial score (nSPS) is 25.0. The van der Waals surface area contributed by atoms with Crippen molar-refractivity contribution in [2.75, 3.05) is 12.3 Å². The van der Waals surface area contributed by atoms with E-state index in [-0.39, 0.29) is 0 Å². The Kier molecular flexibility index (Phi) is 4.71. The van der Waals surface area contributed by atoms with Crippen LogP contribution in [0.15, 0.2) is 12.2 Å². The van der Waals surface area contributed by atoms with Crippen LogP contribution in [0.3, 0.4) is 0 Å². The van der Waals surface area contributed by atoms with Crippen molar-refractivity contribution in [3.05, 3.63) is 12.2 Å². The molecule has 1 unspecified atom stereocenters. The highest BCUT2D eigenvalue weighted by molar-refractivity contribution is 8.00. The molecule has 11 heavy (non-hydrogen) atoms. The van der Waals surface area contributed by atoms with Gasteiger partial charge in [-0.15, -0.1) is 0 Å². The highest BCUT2D eigenvalue weighted by atomic mass is 32.2. The number of nitrogens with two attached hydrogens (primary N) is 1. The Morgan fingerprint density at radius 1 is 1.45 bits per heavy atom. The van der Waals surface area contributed by atoms with Gasteiger partial charge in [-0.2, -0.15) is 11.8 Å². The molecule has 0 aromatic carbocycles. The molecule has 0 radical (unpaired) electrons. The zero-order chi connectivity index (χ0) is 7.94. The van der Waals surface area contributed by atoms with Crippen LogP contribution in [-0.2, 0) is 0 Å². The van der Waals surface area contributed by atoms with E-state index in [0.29, 0.717) is 0 Å². The van der Waals surface area contributed by atoms with Gasteiger partial charge in [0.25, 0.3) is 0 Å². The van der Waals surface area contributed by atoms with Crippen LogP contribution in [0, 0.1) is 0 Å². The van der Waals surface area contributed by atoms with E-state index in [0.717, 1.165) is 18.2 Å². The fourth-order valence-electron chi connectivity index (χ4n) is 1.29. The Labute approximate surface area is 73.4 Å². The molecule has 1 heterocycles. The number of hydrogen-bond donors (Lipinski definition) is 1. The van der Waals surface area contributed by atoms with Crippen molar-refractivity contribution in [1.29, 1.82) is 0 Å². The van der Waals surface area contributed by atoms with Gasteiger partial charge < -0.3 is 5.73 Å². The lowest BCUT2D eigenvalue weighted by Gasteiger charge is -2.01. The molecule has 1 saturated heterocycles. The van der Waals surface area contributed by atoms with E-state index in [4.69, 9.17) is 5.73 Å². The summed E-state index contributed by atoms with van der Waals surface area (Å²) >= 11 is 2.12. The predicted octanol–water partition coefficient (Wildman–Crippen LogP) is 2.18. The van der Waals surface area contributed by atoms with E-state index in [2.05, 4.69) is 23.9 Å². The van der Waals surface area contributed by atoms with Gasteiger partial charge in [0.05, 0.1) is 0 Å². The highest BCUT2D eigenvalue weighted by Crippen LogP contribution is 2.28. The number of allylic oxidation sites excluding steroid dienone is 1. The Bertz CT molecular complexity index is 117. The van der Waals surface area contributed by atoms with Gasteiger partial charge in [0.1, 0.15) is 0 Å². The first-order valence-corrected chi connectivity index (χ1v) is 5.45. The van der Waals surface area contributed by atoms with Crippen LogP contribution in [0.5, 0.6) is 0 Å². The van der Waals surface area contributed by atoms with Gasteiger partial charge in [-0.05, 0) is 38.0 Å². The molecule has 0 bridgehead atoms. The minimum Gasteiger partial charge on any atom is -0.330 e. The quantitative estimate of drug-likeness (QED) is 0.656. The molecule has 1 fully saturated rings. The summed E-state index contributed by atoms with van der Waals surface area (Å²) in [6.45, 7) is 0.786. The van der Waals surface area contributed by atoms with Crippen LogP contribution >= 0.6 is 11.8 Å². The van der Waals surface area contributed by atoms with Gasteiger partial charge in [0, 0.05) is 5.25 Å². The summed E-state index contributed by atoms with van der Waals surface area (Å²) in [4.78, 5) is 0. The summed E-state index contributed by atoms with van der Waals surface area (Å²) in [5, 5.41) is 0.907. The van der Waals surface area contributed by atoms with Crippen molar-refractivity contribution in [2.24, 2.45) is 5.73 Å². The highest BCUT2D eigenvalue weighted by Gasteiger charge is 2.12. The molecular weight excluding hydrogens is 154 g/mol. The zero-order valence-electron chi connectivity index (χ0n) is 6.96. The molecule has 0 aromatic heterocycles. The van der Waals surface area contributed by atoms with Gasteiger partial charge in [0.15, 0.2) is 0 Å². The maximum Gasteiger partial charge on any atom is 0.00818 e. The molecule has 1 atom stereocenters. The molecule has 0 spiro atoms. The molecule has 1 nitrogen and oxygen atoms in total. The van der Waals surface area contributed by atoms with Crippen LogP contribution in [0.2, 0.25) is 0 Å². The number of hydrogen-bond acceptors (Lipinski definition) is 2. The van der Waals surface area contributed by atoms with Gasteiger partial charge in [-0.25, -0.2) is 0 Å². The van der Waals surface area contributed by atoms with Gasteiger partial charge in [0.2, 0.25) is 0 Å². The summed E-state index contributed by atoms with van der Waals surface area (Å²) in [6.07, 6.45) is 9.62. The fraction of sp³-hybridized carbons (Fsp3) is 0.778. The first-order valence-electron chi connectivity index (χ1n) is 4.40. The summed E-state index contributed by atoms with van der Waals surface area (Å²) in [6, 6.07) is 0. The average Bonchev–Trinajstić information content (AvgIpc) is 2.50. The molecule has 0 amide bonds. The maximum absolute atomic E-state index is 5.37. The fourth-order valence-corrected chi connectivity index (χ4v) is 2.54. The number of thioether (sulfide) groups is 1. The van der Waals surface area contributed by atoms with Crippen LogP contribution in [0.25, 0.3) is 0 Å².